The number of piperazine rings is 1. The van der Waals surface area contributed by atoms with Crippen LogP contribution in [0.3, 0.4) is 0 Å². The van der Waals surface area contributed by atoms with E-state index in [0.717, 1.165) is 18.8 Å². The summed E-state index contributed by atoms with van der Waals surface area (Å²) in [6.07, 6.45) is 2.61. The third-order valence-electron chi connectivity index (χ3n) is 4.23. The number of hydrogen-bond acceptors (Lipinski definition) is 2. The molecule has 2 aliphatic heterocycles. The molecule has 0 aliphatic carbocycles. The summed E-state index contributed by atoms with van der Waals surface area (Å²) in [5, 5.41) is 0. The average Bonchev–Trinajstić information content (AvgIpc) is 2.86. The number of nitrogens with zero attached hydrogens (tertiary/aromatic N) is 3. The minimum atomic E-state index is 0.446. The summed E-state index contributed by atoms with van der Waals surface area (Å²) in [4.78, 5) is 9.41. The summed E-state index contributed by atoms with van der Waals surface area (Å²) in [7, 11) is 0. The van der Waals surface area contributed by atoms with Gasteiger partial charge in [0.15, 0.2) is 5.96 Å². The van der Waals surface area contributed by atoms with Crippen LogP contribution in [0.2, 0.25) is 0 Å². The van der Waals surface area contributed by atoms with Crippen LogP contribution in [0.25, 0.3) is 0 Å². The van der Waals surface area contributed by atoms with Gasteiger partial charge in [-0.05, 0) is 38.4 Å². The van der Waals surface area contributed by atoms with Gasteiger partial charge in [0.2, 0.25) is 0 Å². The van der Waals surface area contributed by atoms with E-state index in [1.165, 1.54) is 19.4 Å². The minimum Gasteiger partial charge on any atom is -0.369 e. The minimum absolute atomic E-state index is 0.446. The van der Waals surface area contributed by atoms with Crippen molar-refractivity contribution in [2.24, 2.45) is 10.7 Å². The maximum atomic E-state index is 6.21. The summed E-state index contributed by atoms with van der Waals surface area (Å²) in [6.45, 7) is 5.61. The Kier molecular flexibility index (Phi) is 3.42. The lowest BCUT2D eigenvalue weighted by Crippen LogP contribution is -2.58. The maximum absolute atomic E-state index is 6.21. The first-order valence-electron chi connectivity index (χ1n) is 7.14. The molecule has 0 spiro atoms. The normalized spacial score (nSPS) is 28.5. The van der Waals surface area contributed by atoms with Crippen molar-refractivity contribution in [1.82, 2.24) is 9.80 Å². The van der Waals surface area contributed by atoms with Crippen LogP contribution >= 0.6 is 0 Å². The highest BCUT2D eigenvalue weighted by molar-refractivity contribution is 5.81. The predicted molar refractivity (Wildman–Crippen MR) is 78.5 cm³/mol. The molecule has 2 unspecified atom stereocenters. The molecule has 4 heteroatoms. The van der Waals surface area contributed by atoms with Crippen molar-refractivity contribution in [2.45, 2.75) is 31.8 Å². The molecule has 0 bridgehead atoms. The van der Waals surface area contributed by atoms with Gasteiger partial charge in [-0.25, -0.2) is 4.99 Å². The molecule has 0 radical (unpaired) electrons. The lowest BCUT2D eigenvalue weighted by Gasteiger charge is -2.42. The molecule has 0 amide bonds. The van der Waals surface area contributed by atoms with Crippen LogP contribution < -0.4 is 5.73 Å². The number of para-hydroxylation sites is 1. The van der Waals surface area contributed by atoms with E-state index in [9.17, 15) is 0 Å². The molecule has 4 nitrogen and oxygen atoms in total. The van der Waals surface area contributed by atoms with Crippen LogP contribution in [0.1, 0.15) is 19.8 Å². The number of hydrogen-bond donors (Lipinski definition) is 1. The lowest BCUT2D eigenvalue weighted by atomic mass is 10.1. The highest BCUT2D eigenvalue weighted by atomic mass is 15.4. The van der Waals surface area contributed by atoms with Crippen molar-refractivity contribution in [3.8, 4) is 0 Å². The van der Waals surface area contributed by atoms with Crippen LogP contribution in [0, 0.1) is 0 Å². The van der Waals surface area contributed by atoms with Gasteiger partial charge >= 0.3 is 0 Å². The molecule has 19 heavy (non-hydrogen) atoms. The van der Waals surface area contributed by atoms with Crippen molar-refractivity contribution in [1.29, 1.82) is 0 Å². The van der Waals surface area contributed by atoms with E-state index < -0.39 is 0 Å². The highest BCUT2D eigenvalue weighted by Crippen LogP contribution is 2.24. The van der Waals surface area contributed by atoms with Gasteiger partial charge in [-0.1, -0.05) is 18.2 Å². The SMILES string of the molecule is CC1CN2CCCC2CN1C(N)=Nc1ccccc1. The van der Waals surface area contributed by atoms with Gasteiger partial charge in [-0.2, -0.15) is 0 Å². The Balaban J connectivity index is 1.75. The summed E-state index contributed by atoms with van der Waals surface area (Å²) in [5.74, 6) is 0.658. The van der Waals surface area contributed by atoms with E-state index >= 15 is 0 Å². The first kappa shape index (κ1) is 12.5. The number of fused-ring (bicyclic) bond motifs is 1. The van der Waals surface area contributed by atoms with Gasteiger partial charge < -0.3 is 10.6 Å². The maximum Gasteiger partial charge on any atom is 0.196 e. The molecular weight excluding hydrogens is 236 g/mol. The monoisotopic (exact) mass is 258 g/mol. The standard InChI is InChI=1S/C15H22N4/c1-12-10-18-9-5-8-14(18)11-19(12)15(16)17-13-6-3-2-4-7-13/h2-4,6-7,12,14H,5,8-11H2,1H3,(H2,16,17). The Hall–Kier alpha value is -1.55. The fraction of sp³-hybridized carbons (Fsp3) is 0.533. The third kappa shape index (κ3) is 2.59. The Morgan fingerprint density at radius 2 is 2.05 bits per heavy atom. The number of aliphatic imine (C=N–C) groups is 1. The molecule has 2 heterocycles. The lowest BCUT2D eigenvalue weighted by molar-refractivity contribution is 0.108. The summed E-state index contributed by atoms with van der Waals surface area (Å²) in [6, 6.07) is 11.1. The topological polar surface area (TPSA) is 44.9 Å². The first-order valence-corrected chi connectivity index (χ1v) is 7.14. The molecule has 2 atom stereocenters. The van der Waals surface area contributed by atoms with E-state index in [1.807, 2.05) is 30.3 Å². The quantitative estimate of drug-likeness (QED) is 0.617. The van der Waals surface area contributed by atoms with E-state index in [-0.39, 0.29) is 0 Å². The van der Waals surface area contributed by atoms with Crippen LogP contribution in [0.4, 0.5) is 5.69 Å². The third-order valence-corrected chi connectivity index (χ3v) is 4.23. The largest absolute Gasteiger partial charge is 0.369 e. The van der Waals surface area contributed by atoms with Gasteiger partial charge in [0.1, 0.15) is 0 Å². The van der Waals surface area contributed by atoms with E-state index in [2.05, 4.69) is 21.7 Å². The second-order valence-corrected chi connectivity index (χ2v) is 5.60. The highest BCUT2D eigenvalue weighted by Gasteiger charge is 2.35. The first-order chi connectivity index (χ1) is 9.24. The van der Waals surface area contributed by atoms with Gasteiger partial charge in [0.25, 0.3) is 0 Å². The number of rotatable bonds is 1. The van der Waals surface area contributed by atoms with Gasteiger partial charge in [-0.3, -0.25) is 4.90 Å². The predicted octanol–water partition coefficient (Wildman–Crippen LogP) is 1.80. The van der Waals surface area contributed by atoms with Crippen molar-refractivity contribution >= 4 is 11.6 Å². The van der Waals surface area contributed by atoms with Gasteiger partial charge in [-0.15, -0.1) is 0 Å². The van der Waals surface area contributed by atoms with E-state index in [4.69, 9.17) is 5.73 Å². The second-order valence-electron chi connectivity index (χ2n) is 5.60. The van der Waals surface area contributed by atoms with Crippen LogP contribution in [-0.4, -0.2) is 47.5 Å². The molecular formula is C15H22N4. The molecule has 2 saturated heterocycles. The van der Waals surface area contributed by atoms with Gasteiger partial charge in [0, 0.05) is 25.2 Å². The molecule has 2 N–H and O–H groups in total. The molecule has 102 valence electrons. The number of benzene rings is 1. The Labute approximate surface area is 114 Å². The number of guanidine groups is 1. The fourth-order valence-electron chi connectivity index (χ4n) is 3.21. The zero-order valence-corrected chi connectivity index (χ0v) is 11.5. The van der Waals surface area contributed by atoms with Crippen LogP contribution in [-0.2, 0) is 0 Å². The van der Waals surface area contributed by atoms with Crippen LogP contribution in [0.15, 0.2) is 35.3 Å². The van der Waals surface area contributed by atoms with Crippen LogP contribution in [0.5, 0.6) is 0 Å². The molecule has 2 fully saturated rings. The zero-order valence-electron chi connectivity index (χ0n) is 11.5. The second kappa shape index (κ2) is 5.21. The molecule has 2 aliphatic rings. The zero-order chi connectivity index (χ0) is 13.2. The Morgan fingerprint density at radius 1 is 1.26 bits per heavy atom. The summed E-state index contributed by atoms with van der Waals surface area (Å²) < 4.78 is 0. The molecule has 0 aromatic heterocycles. The Morgan fingerprint density at radius 3 is 2.84 bits per heavy atom. The van der Waals surface area contributed by atoms with E-state index in [1.54, 1.807) is 0 Å². The summed E-state index contributed by atoms with van der Waals surface area (Å²) in [5.41, 5.74) is 7.14. The van der Waals surface area contributed by atoms with Crippen molar-refractivity contribution in [2.75, 3.05) is 19.6 Å². The molecule has 3 rings (SSSR count). The average molecular weight is 258 g/mol. The smallest absolute Gasteiger partial charge is 0.196 e. The molecule has 1 aromatic carbocycles. The van der Waals surface area contributed by atoms with Crippen molar-refractivity contribution in [3.63, 3.8) is 0 Å². The van der Waals surface area contributed by atoms with E-state index in [0.29, 0.717) is 18.0 Å². The number of nitrogens with two attached hydrogens (primary N) is 1. The van der Waals surface area contributed by atoms with Gasteiger partial charge in [0.05, 0.1) is 5.69 Å². The molecule has 1 aromatic rings. The van der Waals surface area contributed by atoms with Crippen molar-refractivity contribution < 1.29 is 0 Å². The van der Waals surface area contributed by atoms with Crippen molar-refractivity contribution in [3.05, 3.63) is 30.3 Å². The summed E-state index contributed by atoms with van der Waals surface area (Å²) >= 11 is 0. The molecule has 0 saturated carbocycles. The fourth-order valence-corrected chi connectivity index (χ4v) is 3.21. The Bertz CT molecular complexity index is 456.